The molecule has 1 aliphatic rings. The average Bonchev–Trinajstić information content (AvgIpc) is 2.06. The summed E-state index contributed by atoms with van der Waals surface area (Å²) in [5.74, 6) is 1.32. The van der Waals surface area contributed by atoms with E-state index in [4.69, 9.17) is 0 Å². The van der Waals surface area contributed by atoms with Crippen LogP contribution in [0.4, 0.5) is 0 Å². The highest BCUT2D eigenvalue weighted by Crippen LogP contribution is 2.30. The Morgan fingerprint density at radius 3 is 3.00 bits per heavy atom. The maximum Gasteiger partial charge on any atom is 0.120 e. The van der Waals surface area contributed by atoms with Crippen molar-refractivity contribution in [2.75, 3.05) is 0 Å². The molecular formula is C11H18O. The van der Waals surface area contributed by atoms with E-state index in [2.05, 4.69) is 19.9 Å². The lowest BCUT2D eigenvalue weighted by Gasteiger charge is -2.25. The maximum absolute atomic E-state index is 10.3. The highest BCUT2D eigenvalue weighted by Gasteiger charge is 2.18. The third-order valence-electron chi connectivity index (χ3n) is 2.95. The van der Waals surface area contributed by atoms with Gasteiger partial charge < -0.3 is 4.79 Å². The predicted molar refractivity (Wildman–Crippen MR) is 50.9 cm³/mol. The van der Waals surface area contributed by atoms with Crippen LogP contribution in [0.2, 0.25) is 0 Å². The molecule has 68 valence electrons. The average molecular weight is 166 g/mol. The molecule has 1 aliphatic carbocycles. The molecule has 0 aromatic heterocycles. The zero-order valence-electron chi connectivity index (χ0n) is 8.05. The molecule has 0 bridgehead atoms. The number of rotatable bonds is 3. The zero-order chi connectivity index (χ0) is 8.97. The first-order chi connectivity index (χ1) is 5.74. The third-order valence-corrected chi connectivity index (χ3v) is 2.95. The lowest BCUT2D eigenvalue weighted by atomic mass is 9.81. The summed E-state index contributed by atoms with van der Waals surface area (Å²) < 4.78 is 0. The fourth-order valence-corrected chi connectivity index (χ4v) is 1.85. The molecule has 0 aliphatic heterocycles. The lowest BCUT2D eigenvalue weighted by molar-refractivity contribution is -0.108. The largest absolute Gasteiger partial charge is 0.303 e. The zero-order valence-corrected chi connectivity index (χ0v) is 8.05. The van der Waals surface area contributed by atoms with E-state index >= 15 is 0 Å². The highest BCUT2D eigenvalue weighted by molar-refractivity contribution is 5.49. The summed E-state index contributed by atoms with van der Waals surface area (Å²) in [6, 6.07) is 0. The van der Waals surface area contributed by atoms with Crippen molar-refractivity contribution in [2.45, 2.75) is 39.5 Å². The van der Waals surface area contributed by atoms with Gasteiger partial charge in [-0.3, -0.25) is 0 Å². The molecule has 1 heteroatoms. The van der Waals surface area contributed by atoms with Gasteiger partial charge in [-0.2, -0.15) is 0 Å². The number of hydrogen-bond donors (Lipinski definition) is 0. The van der Waals surface area contributed by atoms with Crippen LogP contribution in [-0.2, 0) is 4.79 Å². The molecular weight excluding hydrogens is 148 g/mol. The molecule has 0 spiro atoms. The van der Waals surface area contributed by atoms with E-state index in [0.29, 0.717) is 5.92 Å². The van der Waals surface area contributed by atoms with Crippen LogP contribution in [0, 0.1) is 11.8 Å². The molecule has 0 aromatic rings. The van der Waals surface area contributed by atoms with E-state index in [9.17, 15) is 4.79 Å². The molecule has 12 heavy (non-hydrogen) atoms. The van der Waals surface area contributed by atoms with Crippen molar-refractivity contribution >= 4 is 6.29 Å². The van der Waals surface area contributed by atoms with E-state index in [0.717, 1.165) is 18.6 Å². The Bertz CT molecular complexity index is 181. The van der Waals surface area contributed by atoms with Crippen molar-refractivity contribution in [3.8, 4) is 0 Å². The van der Waals surface area contributed by atoms with Crippen LogP contribution in [0.5, 0.6) is 0 Å². The smallest absolute Gasteiger partial charge is 0.120 e. The van der Waals surface area contributed by atoms with Crippen LogP contribution in [-0.4, -0.2) is 6.29 Å². The van der Waals surface area contributed by atoms with Crippen molar-refractivity contribution in [3.63, 3.8) is 0 Å². The van der Waals surface area contributed by atoms with Gasteiger partial charge in [0, 0.05) is 6.42 Å². The molecule has 0 amide bonds. The molecule has 0 radical (unpaired) electrons. The molecule has 2 atom stereocenters. The molecule has 0 saturated carbocycles. The van der Waals surface area contributed by atoms with Crippen molar-refractivity contribution in [1.82, 2.24) is 0 Å². The number of aldehydes is 1. The summed E-state index contributed by atoms with van der Waals surface area (Å²) in [4.78, 5) is 10.3. The van der Waals surface area contributed by atoms with Crippen LogP contribution in [0.3, 0.4) is 0 Å². The van der Waals surface area contributed by atoms with Crippen LogP contribution in [0.1, 0.15) is 39.5 Å². The van der Waals surface area contributed by atoms with E-state index in [1.165, 1.54) is 24.8 Å². The molecule has 0 unspecified atom stereocenters. The number of carbonyl (C=O) groups is 1. The van der Waals surface area contributed by atoms with E-state index in [1.807, 2.05) is 0 Å². The second-order valence-corrected chi connectivity index (χ2v) is 3.96. The second-order valence-electron chi connectivity index (χ2n) is 3.96. The molecule has 0 saturated heterocycles. The molecule has 0 N–H and O–H groups in total. The van der Waals surface area contributed by atoms with Gasteiger partial charge in [-0.15, -0.1) is 0 Å². The Labute approximate surface area is 74.9 Å². The van der Waals surface area contributed by atoms with Gasteiger partial charge >= 0.3 is 0 Å². The van der Waals surface area contributed by atoms with E-state index in [1.54, 1.807) is 0 Å². The Kier molecular flexibility index (Phi) is 3.51. The van der Waals surface area contributed by atoms with Gasteiger partial charge in [-0.25, -0.2) is 0 Å². The molecule has 1 nitrogen and oxygen atoms in total. The first-order valence-electron chi connectivity index (χ1n) is 4.83. The van der Waals surface area contributed by atoms with Gasteiger partial charge in [0.15, 0.2) is 0 Å². The number of allylic oxidation sites excluding steroid dienone is 2. The SMILES string of the molecule is CC1=CC[C@H]([C@H](C)CC=O)CC1. The summed E-state index contributed by atoms with van der Waals surface area (Å²) >= 11 is 0. The van der Waals surface area contributed by atoms with Crippen molar-refractivity contribution in [3.05, 3.63) is 11.6 Å². The summed E-state index contributed by atoms with van der Waals surface area (Å²) in [6.07, 6.45) is 7.80. The van der Waals surface area contributed by atoms with Gasteiger partial charge in [0.25, 0.3) is 0 Å². The minimum atomic E-state index is 0.576. The fourth-order valence-electron chi connectivity index (χ4n) is 1.85. The van der Waals surface area contributed by atoms with Crippen LogP contribution in [0.15, 0.2) is 11.6 Å². The molecule has 0 heterocycles. The maximum atomic E-state index is 10.3. The molecule has 0 aromatic carbocycles. The van der Waals surface area contributed by atoms with Gasteiger partial charge in [0.1, 0.15) is 6.29 Å². The van der Waals surface area contributed by atoms with Gasteiger partial charge in [0.2, 0.25) is 0 Å². The van der Waals surface area contributed by atoms with Gasteiger partial charge in [0.05, 0.1) is 0 Å². The third kappa shape index (κ3) is 2.47. The van der Waals surface area contributed by atoms with Gasteiger partial charge in [-0.05, 0) is 38.0 Å². The minimum Gasteiger partial charge on any atom is -0.303 e. The Hall–Kier alpha value is -0.590. The summed E-state index contributed by atoms with van der Waals surface area (Å²) in [6.45, 7) is 4.38. The molecule has 0 fully saturated rings. The van der Waals surface area contributed by atoms with Gasteiger partial charge in [-0.1, -0.05) is 18.6 Å². The number of hydrogen-bond acceptors (Lipinski definition) is 1. The molecule has 1 rings (SSSR count). The lowest BCUT2D eigenvalue weighted by Crippen LogP contribution is -2.14. The topological polar surface area (TPSA) is 17.1 Å². The van der Waals surface area contributed by atoms with Crippen molar-refractivity contribution < 1.29 is 4.79 Å². The predicted octanol–water partition coefficient (Wildman–Crippen LogP) is 2.96. The summed E-state index contributed by atoms with van der Waals surface area (Å²) in [5, 5.41) is 0. The van der Waals surface area contributed by atoms with Crippen LogP contribution < -0.4 is 0 Å². The fraction of sp³-hybridized carbons (Fsp3) is 0.727. The standard InChI is InChI=1S/C11H18O/c1-9-3-5-11(6-4-9)10(2)7-8-12/h3,8,10-11H,4-7H2,1-2H3/t10-,11+/m1/s1. The number of carbonyl (C=O) groups excluding carboxylic acids is 1. The first kappa shape index (κ1) is 9.50. The summed E-state index contributed by atoms with van der Waals surface area (Å²) in [5.41, 5.74) is 1.52. The first-order valence-corrected chi connectivity index (χ1v) is 4.83. The normalized spacial score (nSPS) is 26.2. The monoisotopic (exact) mass is 166 g/mol. The second kappa shape index (κ2) is 4.44. The van der Waals surface area contributed by atoms with Crippen molar-refractivity contribution in [1.29, 1.82) is 0 Å². The van der Waals surface area contributed by atoms with E-state index < -0.39 is 0 Å². The Balaban J connectivity index is 2.39. The Morgan fingerprint density at radius 2 is 2.50 bits per heavy atom. The van der Waals surface area contributed by atoms with Crippen LogP contribution >= 0.6 is 0 Å². The minimum absolute atomic E-state index is 0.576. The van der Waals surface area contributed by atoms with Crippen molar-refractivity contribution in [2.24, 2.45) is 11.8 Å². The Morgan fingerprint density at radius 1 is 1.75 bits per heavy atom. The summed E-state index contributed by atoms with van der Waals surface area (Å²) in [7, 11) is 0. The quantitative estimate of drug-likeness (QED) is 0.465. The van der Waals surface area contributed by atoms with E-state index in [-0.39, 0.29) is 0 Å². The highest BCUT2D eigenvalue weighted by atomic mass is 16.1. The van der Waals surface area contributed by atoms with Crippen LogP contribution in [0.25, 0.3) is 0 Å².